The van der Waals surface area contributed by atoms with Gasteiger partial charge in [0.1, 0.15) is 0 Å². The monoisotopic (exact) mass is 281 g/mol. The van der Waals surface area contributed by atoms with Crippen molar-refractivity contribution < 1.29 is 5.11 Å². The second kappa shape index (κ2) is 6.31. The molecular weight excluding hydrogens is 258 g/mol. The molecule has 2 aromatic rings. The first-order valence-corrected chi connectivity index (χ1v) is 7.86. The SMILES string of the molecule is CCc1ccc2c(c1)CC(CCO)C(c1ccccc1)N2. The van der Waals surface area contributed by atoms with Crippen molar-refractivity contribution in [2.75, 3.05) is 11.9 Å². The average Bonchev–Trinajstić information content (AvgIpc) is 2.55. The van der Waals surface area contributed by atoms with Crippen LogP contribution < -0.4 is 5.32 Å². The van der Waals surface area contributed by atoms with E-state index in [9.17, 15) is 5.11 Å². The Bertz CT molecular complexity index is 594. The van der Waals surface area contributed by atoms with Crippen LogP contribution in [0.15, 0.2) is 48.5 Å². The zero-order valence-electron chi connectivity index (χ0n) is 12.5. The molecule has 1 heterocycles. The van der Waals surface area contributed by atoms with Crippen molar-refractivity contribution in [2.45, 2.75) is 32.2 Å². The smallest absolute Gasteiger partial charge is 0.0546 e. The van der Waals surface area contributed by atoms with Gasteiger partial charge in [-0.05, 0) is 47.9 Å². The molecule has 3 rings (SSSR count). The van der Waals surface area contributed by atoms with Gasteiger partial charge in [-0.2, -0.15) is 0 Å². The summed E-state index contributed by atoms with van der Waals surface area (Å²) < 4.78 is 0. The number of anilines is 1. The maximum atomic E-state index is 9.40. The summed E-state index contributed by atoms with van der Waals surface area (Å²) in [4.78, 5) is 0. The first-order chi connectivity index (χ1) is 10.3. The summed E-state index contributed by atoms with van der Waals surface area (Å²) in [5, 5.41) is 13.1. The highest BCUT2D eigenvalue weighted by molar-refractivity contribution is 5.57. The largest absolute Gasteiger partial charge is 0.396 e. The molecule has 2 N–H and O–H groups in total. The summed E-state index contributed by atoms with van der Waals surface area (Å²) in [7, 11) is 0. The Morgan fingerprint density at radius 1 is 1.14 bits per heavy atom. The fourth-order valence-electron chi connectivity index (χ4n) is 3.31. The van der Waals surface area contributed by atoms with Gasteiger partial charge in [0.05, 0.1) is 6.04 Å². The molecule has 2 atom stereocenters. The number of nitrogens with one attached hydrogen (secondary N) is 1. The van der Waals surface area contributed by atoms with Crippen LogP contribution in [0.2, 0.25) is 0 Å². The molecule has 2 heteroatoms. The zero-order valence-corrected chi connectivity index (χ0v) is 12.5. The van der Waals surface area contributed by atoms with E-state index in [1.54, 1.807) is 0 Å². The minimum absolute atomic E-state index is 0.248. The van der Waals surface area contributed by atoms with E-state index in [-0.39, 0.29) is 6.61 Å². The lowest BCUT2D eigenvalue weighted by Gasteiger charge is -2.35. The van der Waals surface area contributed by atoms with Crippen molar-refractivity contribution in [2.24, 2.45) is 5.92 Å². The highest BCUT2D eigenvalue weighted by atomic mass is 16.3. The zero-order chi connectivity index (χ0) is 14.7. The fourth-order valence-corrected chi connectivity index (χ4v) is 3.31. The number of fused-ring (bicyclic) bond motifs is 1. The van der Waals surface area contributed by atoms with Crippen LogP contribution in [0, 0.1) is 5.92 Å². The van der Waals surface area contributed by atoms with E-state index < -0.39 is 0 Å². The van der Waals surface area contributed by atoms with Gasteiger partial charge in [-0.15, -0.1) is 0 Å². The first-order valence-electron chi connectivity index (χ1n) is 7.86. The molecule has 0 aliphatic carbocycles. The van der Waals surface area contributed by atoms with Gasteiger partial charge < -0.3 is 10.4 Å². The van der Waals surface area contributed by atoms with Gasteiger partial charge in [-0.1, -0.05) is 49.4 Å². The molecule has 110 valence electrons. The minimum atomic E-state index is 0.248. The van der Waals surface area contributed by atoms with Crippen molar-refractivity contribution in [3.8, 4) is 0 Å². The van der Waals surface area contributed by atoms with E-state index >= 15 is 0 Å². The van der Waals surface area contributed by atoms with Crippen LogP contribution in [-0.4, -0.2) is 11.7 Å². The molecule has 0 saturated carbocycles. The van der Waals surface area contributed by atoms with Crippen LogP contribution >= 0.6 is 0 Å². The molecule has 21 heavy (non-hydrogen) atoms. The lowest BCUT2D eigenvalue weighted by molar-refractivity contribution is 0.243. The van der Waals surface area contributed by atoms with Crippen LogP contribution in [0.1, 0.15) is 36.1 Å². The third kappa shape index (κ3) is 2.96. The molecule has 0 spiro atoms. The van der Waals surface area contributed by atoms with Crippen molar-refractivity contribution in [3.05, 3.63) is 65.2 Å². The van der Waals surface area contributed by atoms with Crippen LogP contribution in [-0.2, 0) is 12.8 Å². The fraction of sp³-hybridized carbons (Fsp3) is 0.368. The van der Waals surface area contributed by atoms with E-state index in [1.165, 1.54) is 22.4 Å². The van der Waals surface area contributed by atoms with Gasteiger partial charge in [0.15, 0.2) is 0 Å². The number of aryl methyl sites for hydroxylation is 1. The second-order valence-corrected chi connectivity index (χ2v) is 5.85. The Morgan fingerprint density at radius 2 is 1.95 bits per heavy atom. The highest BCUT2D eigenvalue weighted by Gasteiger charge is 2.28. The van der Waals surface area contributed by atoms with Crippen molar-refractivity contribution in [3.63, 3.8) is 0 Å². The summed E-state index contributed by atoms with van der Waals surface area (Å²) >= 11 is 0. The standard InChI is InChI=1S/C19H23NO/c1-2-14-8-9-18-17(12-14)13-16(10-11-21)19(20-18)15-6-4-3-5-7-15/h3-9,12,16,19-21H,2,10-11,13H2,1H3. The quantitative estimate of drug-likeness (QED) is 0.889. The first kappa shape index (κ1) is 14.2. The Morgan fingerprint density at radius 3 is 2.67 bits per heavy atom. The van der Waals surface area contributed by atoms with E-state index in [2.05, 4.69) is 60.8 Å². The van der Waals surface area contributed by atoms with Crippen molar-refractivity contribution in [1.29, 1.82) is 0 Å². The van der Waals surface area contributed by atoms with Gasteiger partial charge in [-0.25, -0.2) is 0 Å². The van der Waals surface area contributed by atoms with Gasteiger partial charge in [0, 0.05) is 12.3 Å². The van der Waals surface area contributed by atoms with Crippen LogP contribution in [0.5, 0.6) is 0 Å². The minimum Gasteiger partial charge on any atom is -0.396 e. The third-order valence-corrected chi connectivity index (χ3v) is 4.50. The van der Waals surface area contributed by atoms with Gasteiger partial charge in [0.25, 0.3) is 0 Å². The van der Waals surface area contributed by atoms with E-state index in [1.807, 2.05) is 0 Å². The molecule has 0 bridgehead atoms. The lowest BCUT2D eigenvalue weighted by atomic mass is 9.81. The normalized spacial score (nSPS) is 20.7. The maximum absolute atomic E-state index is 9.40. The Kier molecular flexibility index (Phi) is 4.26. The number of benzene rings is 2. The molecule has 0 aromatic heterocycles. The highest BCUT2D eigenvalue weighted by Crippen LogP contribution is 2.38. The average molecular weight is 281 g/mol. The van der Waals surface area contributed by atoms with Crippen LogP contribution in [0.4, 0.5) is 5.69 Å². The molecule has 1 aliphatic rings. The number of rotatable bonds is 4. The summed E-state index contributed by atoms with van der Waals surface area (Å²) in [5.74, 6) is 0.442. The van der Waals surface area contributed by atoms with Crippen molar-refractivity contribution >= 4 is 5.69 Å². The Hall–Kier alpha value is -1.80. The molecular formula is C19H23NO. The van der Waals surface area contributed by atoms with Crippen LogP contribution in [0.3, 0.4) is 0 Å². The predicted octanol–water partition coefficient (Wildman–Crippen LogP) is 3.96. The van der Waals surface area contributed by atoms with Gasteiger partial charge >= 0.3 is 0 Å². The Balaban J connectivity index is 1.93. The predicted molar refractivity (Wildman–Crippen MR) is 87.5 cm³/mol. The summed E-state index contributed by atoms with van der Waals surface area (Å²) in [5.41, 5.74) is 5.33. The van der Waals surface area contributed by atoms with E-state index in [0.29, 0.717) is 12.0 Å². The lowest BCUT2D eigenvalue weighted by Crippen LogP contribution is -2.28. The number of aliphatic hydroxyl groups excluding tert-OH is 1. The number of aliphatic hydroxyl groups is 1. The molecule has 2 aromatic carbocycles. The Labute approximate surface area is 126 Å². The third-order valence-electron chi connectivity index (χ3n) is 4.50. The van der Waals surface area contributed by atoms with Crippen LogP contribution in [0.25, 0.3) is 0 Å². The van der Waals surface area contributed by atoms with Gasteiger partial charge in [-0.3, -0.25) is 0 Å². The molecule has 0 amide bonds. The number of hydrogen-bond acceptors (Lipinski definition) is 2. The summed E-state index contributed by atoms with van der Waals surface area (Å²) in [6.07, 6.45) is 2.94. The molecule has 1 aliphatic heterocycles. The van der Waals surface area contributed by atoms with E-state index in [4.69, 9.17) is 0 Å². The molecule has 0 saturated heterocycles. The maximum Gasteiger partial charge on any atom is 0.0546 e. The van der Waals surface area contributed by atoms with E-state index in [0.717, 1.165) is 19.3 Å². The molecule has 2 nitrogen and oxygen atoms in total. The summed E-state index contributed by atoms with van der Waals surface area (Å²) in [6, 6.07) is 17.6. The topological polar surface area (TPSA) is 32.3 Å². The number of hydrogen-bond donors (Lipinski definition) is 2. The second-order valence-electron chi connectivity index (χ2n) is 5.85. The van der Waals surface area contributed by atoms with Crippen molar-refractivity contribution in [1.82, 2.24) is 0 Å². The summed E-state index contributed by atoms with van der Waals surface area (Å²) in [6.45, 7) is 2.44. The van der Waals surface area contributed by atoms with Gasteiger partial charge in [0.2, 0.25) is 0 Å². The molecule has 0 fully saturated rings. The molecule has 2 unspecified atom stereocenters. The molecule has 0 radical (unpaired) electrons.